The lowest BCUT2D eigenvalue weighted by Gasteiger charge is -2.29. The molecule has 2 aromatic rings. The van der Waals surface area contributed by atoms with E-state index in [9.17, 15) is 9.18 Å². The van der Waals surface area contributed by atoms with E-state index in [-0.39, 0.29) is 11.5 Å². The molecule has 0 radical (unpaired) electrons. The quantitative estimate of drug-likeness (QED) is 0.256. The fourth-order valence-corrected chi connectivity index (χ4v) is 5.31. The predicted molar refractivity (Wildman–Crippen MR) is 146 cm³/mol. The summed E-state index contributed by atoms with van der Waals surface area (Å²) in [6.45, 7) is 7.12. The van der Waals surface area contributed by atoms with Gasteiger partial charge in [0.2, 0.25) is 5.82 Å². The zero-order chi connectivity index (χ0) is 26.0. The first-order valence-corrected chi connectivity index (χ1v) is 14.1. The molecule has 0 aliphatic carbocycles. The normalized spacial score (nSPS) is 18.4. The van der Waals surface area contributed by atoms with Crippen LogP contribution in [0.25, 0.3) is 0 Å². The average Bonchev–Trinajstić information content (AvgIpc) is 2.89. The molecule has 0 unspecified atom stereocenters. The first kappa shape index (κ1) is 27.7. The number of hydrogen-bond donors (Lipinski definition) is 4. The van der Waals surface area contributed by atoms with Gasteiger partial charge in [0.1, 0.15) is 5.82 Å². The number of piperidine rings is 2. The van der Waals surface area contributed by atoms with Crippen LogP contribution in [0, 0.1) is 5.82 Å². The van der Waals surface area contributed by atoms with Gasteiger partial charge in [0.05, 0.1) is 18.4 Å². The van der Waals surface area contributed by atoms with Crippen LogP contribution >= 0.6 is 0 Å². The van der Waals surface area contributed by atoms with Gasteiger partial charge in [-0.25, -0.2) is 4.39 Å². The number of nitrogens with two attached hydrogens (primary N) is 2. The molecule has 204 valence electrons. The minimum absolute atomic E-state index is 0.193. The first-order chi connectivity index (χ1) is 18.0. The van der Waals surface area contributed by atoms with E-state index in [0.717, 1.165) is 103 Å². The van der Waals surface area contributed by atoms with Crippen LogP contribution < -0.4 is 27.0 Å². The summed E-state index contributed by atoms with van der Waals surface area (Å²) in [5, 5.41) is 3.02. The smallest absolute Gasteiger partial charge is 0.328 e. The number of aryl methyl sites for hydroxylation is 2. The SMILES string of the molecule is NC1CCN(CCCCc2ccc(Nc3cc[n+](CCCCN4CCC(N)CC4)c(=O)[nH]3)c(F)c2)CC1. The van der Waals surface area contributed by atoms with Crippen LogP contribution in [0.1, 0.15) is 56.9 Å². The lowest BCUT2D eigenvalue weighted by Crippen LogP contribution is -2.51. The lowest BCUT2D eigenvalue weighted by molar-refractivity contribution is -0.714. The molecular formula is C28H45FN7O+. The third-order valence-corrected chi connectivity index (χ3v) is 7.80. The van der Waals surface area contributed by atoms with Crippen molar-refractivity contribution in [3.05, 3.63) is 52.3 Å². The van der Waals surface area contributed by atoms with Gasteiger partial charge in [-0.05, 0) is 115 Å². The molecule has 0 atom stereocenters. The number of halogens is 1. The second-order valence-corrected chi connectivity index (χ2v) is 10.8. The molecule has 2 aliphatic heterocycles. The van der Waals surface area contributed by atoms with E-state index in [1.807, 2.05) is 6.07 Å². The number of likely N-dealkylation sites (tertiary alicyclic amines) is 2. The summed E-state index contributed by atoms with van der Waals surface area (Å²) in [6, 6.07) is 7.81. The van der Waals surface area contributed by atoms with Crippen LogP contribution in [0.4, 0.5) is 15.9 Å². The van der Waals surface area contributed by atoms with Crippen LogP contribution in [-0.4, -0.2) is 66.1 Å². The Kier molecular flexibility index (Phi) is 10.5. The number of anilines is 2. The maximum atomic E-state index is 14.7. The van der Waals surface area contributed by atoms with Crippen LogP contribution in [0.2, 0.25) is 0 Å². The summed E-state index contributed by atoms with van der Waals surface area (Å²) in [4.78, 5) is 20.3. The monoisotopic (exact) mass is 514 g/mol. The van der Waals surface area contributed by atoms with Gasteiger partial charge in [0.15, 0.2) is 0 Å². The van der Waals surface area contributed by atoms with Gasteiger partial charge < -0.3 is 26.6 Å². The number of hydrogen-bond acceptors (Lipinski definition) is 6. The Hall–Kier alpha value is -2.33. The van der Waals surface area contributed by atoms with Gasteiger partial charge in [0.25, 0.3) is 0 Å². The molecule has 37 heavy (non-hydrogen) atoms. The zero-order valence-corrected chi connectivity index (χ0v) is 22.1. The molecular weight excluding hydrogens is 469 g/mol. The fourth-order valence-electron chi connectivity index (χ4n) is 5.31. The highest BCUT2D eigenvalue weighted by Gasteiger charge is 2.17. The van der Waals surface area contributed by atoms with Crippen LogP contribution in [0.5, 0.6) is 0 Å². The highest BCUT2D eigenvalue weighted by molar-refractivity contribution is 5.56. The van der Waals surface area contributed by atoms with E-state index >= 15 is 0 Å². The molecule has 0 bridgehead atoms. The first-order valence-electron chi connectivity index (χ1n) is 14.1. The maximum Gasteiger partial charge on any atom is 0.497 e. The molecule has 0 spiro atoms. The molecule has 6 N–H and O–H groups in total. The third-order valence-electron chi connectivity index (χ3n) is 7.80. The largest absolute Gasteiger partial charge is 0.497 e. The average molecular weight is 515 g/mol. The molecule has 2 fully saturated rings. The topological polar surface area (TPSA) is 107 Å². The number of benzene rings is 1. The van der Waals surface area contributed by atoms with Crippen molar-refractivity contribution in [3.8, 4) is 0 Å². The summed E-state index contributed by atoms with van der Waals surface area (Å²) in [6.07, 6.45) is 11.1. The Morgan fingerprint density at radius 3 is 2.14 bits per heavy atom. The van der Waals surface area contributed by atoms with Crippen molar-refractivity contribution < 1.29 is 8.96 Å². The highest BCUT2D eigenvalue weighted by atomic mass is 19.1. The number of nitrogens with zero attached hydrogens (tertiary/aromatic N) is 3. The predicted octanol–water partition coefficient (Wildman–Crippen LogP) is 2.49. The second kappa shape index (κ2) is 14.0. The molecule has 0 amide bonds. The van der Waals surface area contributed by atoms with E-state index in [1.54, 1.807) is 29.0 Å². The Balaban J connectivity index is 1.18. The fraction of sp³-hybridized carbons (Fsp3) is 0.643. The van der Waals surface area contributed by atoms with Crippen molar-refractivity contribution in [1.29, 1.82) is 0 Å². The van der Waals surface area contributed by atoms with Gasteiger partial charge in [-0.3, -0.25) is 0 Å². The number of unbranched alkanes of at least 4 members (excludes halogenated alkanes) is 2. The molecule has 1 aromatic heterocycles. The Bertz CT molecular complexity index is 1030. The maximum absolute atomic E-state index is 14.7. The number of rotatable bonds is 12. The molecule has 9 heteroatoms. The van der Waals surface area contributed by atoms with Crippen LogP contribution in [0.3, 0.4) is 0 Å². The van der Waals surface area contributed by atoms with Crippen LogP contribution in [-0.2, 0) is 13.0 Å². The van der Waals surface area contributed by atoms with Crippen molar-refractivity contribution in [2.24, 2.45) is 11.5 Å². The molecule has 0 saturated carbocycles. The van der Waals surface area contributed by atoms with Crippen molar-refractivity contribution >= 4 is 11.5 Å². The van der Waals surface area contributed by atoms with E-state index in [2.05, 4.69) is 20.1 Å². The molecule has 4 rings (SSSR count). The summed E-state index contributed by atoms with van der Waals surface area (Å²) >= 11 is 0. The van der Waals surface area contributed by atoms with Crippen molar-refractivity contribution in [3.63, 3.8) is 0 Å². The summed E-state index contributed by atoms with van der Waals surface area (Å²) < 4.78 is 16.4. The molecule has 8 nitrogen and oxygen atoms in total. The number of H-pyrrole nitrogens is 1. The minimum Gasteiger partial charge on any atom is -0.328 e. The summed E-state index contributed by atoms with van der Waals surface area (Å²) in [5.74, 6) is 0.178. The second-order valence-electron chi connectivity index (χ2n) is 10.8. The van der Waals surface area contributed by atoms with Gasteiger partial charge in [-0.2, -0.15) is 14.3 Å². The lowest BCUT2D eigenvalue weighted by atomic mass is 10.0. The van der Waals surface area contributed by atoms with Crippen molar-refractivity contribution in [2.45, 2.75) is 76.4 Å². The van der Waals surface area contributed by atoms with Crippen molar-refractivity contribution in [2.75, 3.05) is 44.6 Å². The molecule has 1 aromatic carbocycles. The summed E-state index contributed by atoms with van der Waals surface area (Å²) in [5.41, 5.74) is 13.1. The zero-order valence-electron chi connectivity index (χ0n) is 22.1. The molecule has 3 heterocycles. The number of aromatic nitrogens is 2. The Labute approximate surface area is 220 Å². The van der Waals surface area contributed by atoms with E-state index in [1.165, 1.54) is 0 Å². The standard InChI is InChI=1S/C28H44FN7O/c29-25-21-22(5-1-2-13-34-16-8-23(30)9-17-34)6-7-26(25)32-27-12-20-36(28(37)33-27)15-4-3-14-35-18-10-24(31)11-19-35/h6-7,12,20-21,23-24H,1-5,8-11,13-19,30-31H2,(H,32,33,37)/p+1. The van der Waals surface area contributed by atoms with E-state index < -0.39 is 0 Å². The number of nitrogens with one attached hydrogen (secondary N) is 2. The Morgan fingerprint density at radius 2 is 1.54 bits per heavy atom. The highest BCUT2D eigenvalue weighted by Crippen LogP contribution is 2.20. The van der Waals surface area contributed by atoms with Gasteiger partial charge >= 0.3 is 5.69 Å². The van der Waals surface area contributed by atoms with Gasteiger partial charge in [-0.15, -0.1) is 0 Å². The summed E-state index contributed by atoms with van der Waals surface area (Å²) in [7, 11) is 0. The van der Waals surface area contributed by atoms with Crippen molar-refractivity contribution in [1.82, 2.24) is 14.8 Å². The van der Waals surface area contributed by atoms with Gasteiger partial charge in [0, 0.05) is 18.2 Å². The van der Waals surface area contributed by atoms with E-state index in [0.29, 0.717) is 30.1 Å². The minimum atomic E-state index is -0.307. The van der Waals surface area contributed by atoms with E-state index in [4.69, 9.17) is 11.5 Å². The number of aromatic amines is 1. The van der Waals surface area contributed by atoms with Crippen LogP contribution in [0.15, 0.2) is 35.3 Å². The molecule has 2 saturated heterocycles. The third kappa shape index (κ3) is 8.88. The van der Waals surface area contributed by atoms with Gasteiger partial charge in [-0.1, -0.05) is 6.07 Å². The Morgan fingerprint density at radius 1 is 0.919 bits per heavy atom. The molecule has 2 aliphatic rings.